The molecule has 0 aromatic rings. The molecule has 2 aliphatic heterocycles. The van der Waals surface area contributed by atoms with Crippen LogP contribution < -0.4 is 0 Å². The van der Waals surface area contributed by atoms with Crippen LogP contribution in [0.5, 0.6) is 0 Å². The van der Waals surface area contributed by atoms with Gasteiger partial charge in [-0.25, -0.2) is 0 Å². The average molecular weight is 331 g/mol. The van der Waals surface area contributed by atoms with Crippen LogP contribution in [0.25, 0.3) is 0 Å². The fraction of sp³-hybridized carbons (Fsp3) is 1.00. The fourth-order valence-electron chi connectivity index (χ4n) is 3.09. The van der Waals surface area contributed by atoms with E-state index in [1.54, 1.807) is 0 Å². The minimum absolute atomic E-state index is 0.181. The summed E-state index contributed by atoms with van der Waals surface area (Å²) in [6.45, 7) is 4.72. The van der Waals surface area contributed by atoms with Crippen molar-refractivity contribution in [2.75, 3.05) is 6.61 Å². The van der Waals surface area contributed by atoms with Crippen molar-refractivity contribution in [2.24, 2.45) is 5.92 Å². The lowest BCUT2D eigenvalue weighted by molar-refractivity contribution is -0.197. The lowest BCUT2D eigenvalue weighted by Crippen LogP contribution is -2.45. The Kier molecular flexibility index (Phi) is 3.53. The quantitative estimate of drug-likeness (QED) is 0.735. The van der Waals surface area contributed by atoms with E-state index in [4.69, 9.17) is 9.47 Å². The first-order valence-corrected chi connectivity index (χ1v) is 7.03. The van der Waals surface area contributed by atoms with Crippen molar-refractivity contribution < 1.29 is 22.6 Å². The molecule has 0 N–H and O–H groups in total. The van der Waals surface area contributed by atoms with Crippen molar-refractivity contribution in [3.63, 3.8) is 0 Å². The van der Waals surface area contributed by atoms with Crippen LogP contribution in [-0.2, 0) is 9.47 Å². The van der Waals surface area contributed by atoms with E-state index in [9.17, 15) is 13.2 Å². The van der Waals surface area contributed by atoms with Gasteiger partial charge in [-0.05, 0) is 19.3 Å². The number of halogens is 4. The van der Waals surface area contributed by atoms with E-state index in [0.717, 1.165) is 0 Å². The summed E-state index contributed by atoms with van der Waals surface area (Å²) < 4.78 is 47.8. The van der Waals surface area contributed by atoms with Crippen LogP contribution in [0.4, 0.5) is 13.2 Å². The molecule has 0 radical (unpaired) electrons. The number of fused-ring (bicyclic) bond motifs is 2. The molecular weight excluding hydrogens is 313 g/mol. The van der Waals surface area contributed by atoms with Crippen molar-refractivity contribution in [3.8, 4) is 0 Å². The van der Waals surface area contributed by atoms with Crippen molar-refractivity contribution in [2.45, 2.75) is 61.9 Å². The van der Waals surface area contributed by atoms with E-state index in [-0.39, 0.29) is 10.7 Å². The Labute approximate surface area is 113 Å². The summed E-state index contributed by atoms with van der Waals surface area (Å²) in [6, 6.07) is 0. The molecule has 0 aliphatic carbocycles. The highest BCUT2D eigenvalue weighted by molar-refractivity contribution is 9.09. The molecule has 0 saturated carbocycles. The molecular formula is C12H18BrF3O2. The number of alkyl halides is 4. The summed E-state index contributed by atoms with van der Waals surface area (Å²) in [5.41, 5.74) is -1.01. The molecule has 2 fully saturated rings. The molecule has 0 amide bonds. The predicted molar refractivity (Wildman–Crippen MR) is 64.8 cm³/mol. The van der Waals surface area contributed by atoms with Gasteiger partial charge < -0.3 is 9.47 Å². The Hall–Kier alpha value is 0.190. The molecule has 2 saturated heterocycles. The third kappa shape index (κ3) is 2.31. The average Bonchev–Trinajstić information content (AvgIpc) is 2.61. The second-order valence-corrected chi connectivity index (χ2v) is 6.92. The zero-order chi connectivity index (χ0) is 13.8. The Morgan fingerprint density at radius 1 is 1.39 bits per heavy atom. The molecule has 18 heavy (non-hydrogen) atoms. The van der Waals surface area contributed by atoms with E-state index in [1.807, 2.05) is 20.8 Å². The maximum absolute atomic E-state index is 12.2. The standard InChI is InChI=1S/C12H18BrF3O2/c1-7(2)11-5-9(17-6-12(14,15)16)10(3,18-11)4-8(11)13/h7-9H,4-6H2,1-3H3/t8-,9+,10-,11+/m0/s1. The lowest BCUT2D eigenvalue weighted by Gasteiger charge is -2.35. The summed E-state index contributed by atoms with van der Waals surface area (Å²) in [5.74, 6) is 0.239. The van der Waals surface area contributed by atoms with Crippen molar-refractivity contribution in [1.29, 1.82) is 0 Å². The number of hydrogen-bond acceptors (Lipinski definition) is 2. The van der Waals surface area contributed by atoms with Crippen LogP contribution in [0.3, 0.4) is 0 Å². The van der Waals surface area contributed by atoms with Crippen LogP contribution >= 0.6 is 15.9 Å². The third-order valence-electron chi connectivity index (χ3n) is 4.15. The molecule has 0 aromatic carbocycles. The molecule has 4 atom stereocenters. The highest BCUT2D eigenvalue weighted by Gasteiger charge is 2.65. The second kappa shape index (κ2) is 4.35. The van der Waals surface area contributed by atoms with Gasteiger partial charge in [-0.1, -0.05) is 29.8 Å². The maximum atomic E-state index is 12.2. The molecule has 2 rings (SSSR count). The Morgan fingerprint density at radius 2 is 2.00 bits per heavy atom. The number of ether oxygens (including phenoxy) is 2. The number of hydrogen-bond donors (Lipinski definition) is 0. The molecule has 2 aliphatic rings. The molecule has 0 spiro atoms. The van der Waals surface area contributed by atoms with E-state index >= 15 is 0 Å². The zero-order valence-electron chi connectivity index (χ0n) is 10.7. The molecule has 0 unspecified atom stereocenters. The lowest BCUT2D eigenvalue weighted by atomic mass is 9.75. The van der Waals surface area contributed by atoms with E-state index < -0.39 is 30.1 Å². The van der Waals surface area contributed by atoms with Gasteiger partial charge in [0.05, 0.1) is 17.3 Å². The van der Waals surface area contributed by atoms with Crippen molar-refractivity contribution in [3.05, 3.63) is 0 Å². The largest absolute Gasteiger partial charge is 0.411 e. The van der Waals surface area contributed by atoms with Gasteiger partial charge in [-0.3, -0.25) is 0 Å². The van der Waals surface area contributed by atoms with Crippen molar-refractivity contribution in [1.82, 2.24) is 0 Å². The molecule has 106 valence electrons. The zero-order valence-corrected chi connectivity index (χ0v) is 12.3. The predicted octanol–water partition coefficient (Wildman–Crippen LogP) is 3.67. The van der Waals surface area contributed by atoms with Crippen LogP contribution in [0.15, 0.2) is 0 Å². The van der Waals surface area contributed by atoms with Crippen molar-refractivity contribution >= 4 is 15.9 Å². The minimum atomic E-state index is -4.28. The van der Waals surface area contributed by atoms with Gasteiger partial charge in [0, 0.05) is 11.2 Å². The monoisotopic (exact) mass is 330 g/mol. The van der Waals surface area contributed by atoms with Gasteiger partial charge in [0.25, 0.3) is 0 Å². The molecule has 2 heterocycles. The Balaban J connectivity index is 2.09. The SMILES string of the molecule is CC(C)[C@]12C[C@@H](OCC(F)(F)F)[C@](C)(C[C@@H]1Br)O2. The highest BCUT2D eigenvalue weighted by atomic mass is 79.9. The summed E-state index contributed by atoms with van der Waals surface area (Å²) in [4.78, 5) is 0.181. The number of rotatable bonds is 3. The van der Waals surface area contributed by atoms with Gasteiger partial charge in [0.15, 0.2) is 0 Å². The van der Waals surface area contributed by atoms with Crippen LogP contribution in [0.1, 0.15) is 33.6 Å². The van der Waals surface area contributed by atoms with Crippen LogP contribution in [0, 0.1) is 5.92 Å². The summed E-state index contributed by atoms with van der Waals surface area (Å²) in [7, 11) is 0. The smallest absolute Gasteiger partial charge is 0.366 e. The van der Waals surface area contributed by atoms with Gasteiger partial charge in [-0.2, -0.15) is 13.2 Å². The first-order chi connectivity index (χ1) is 8.09. The summed E-state index contributed by atoms with van der Waals surface area (Å²) >= 11 is 3.60. The fourth-order valence-corrected chi connectivity index (χ4v) is 4.54. The van der Waals surface area contributed by atoms with Gasteiger partial charge in [0.2, 0.25) is 0 Å². The van der Waals surface area contributed by atoms with Gasteiger partial charge >= 0.3 is 6.18 Å². The van der Waals surface area contributed by atoms with E-state index in [1.165, 1.54) is 0 Å². The Morgan fingerprint density at radius 3 is 2.44 bits per heavy atom. The summed E-state index contributed by atoms with van der Waals surface area (Å²) in [6.07, 6.45) is -3.55. The molecule has 2 bridgehead atoms. The second-order valence-electron chi connectivity index (χ2n) is 5.81. The normalized spacial score (nSPS) is 44.0. The highest BCUT2D eigenvalue weighted by Crippen LogP contribution is 2.57. The molecule has 6 heteroatoms. The van der Waals surface area contributed by atoms with Crippen LogP contribution in [0.2, 0.25) is 0 Å². The maximum Gasteiger partial charge on any atom is 0.411 e. The Bertz CT molecular complexity index is 334. The van der Waals surface area contributed by atoms with E-state index in [0.29, 0.717) is 12.8 Å². The van der Waals surface area contributed by atoms with Gasteiger partial charge in [-0.15, -0.1) is 0 Å². The molecule has 0 aromatic heterocycles. The topological polar surface area (TPSA) is 18.5 Å². The third-order valence-corrected chi connectivity index (χ3v) is 5.25. The first kappa shape index (κ1) is 14.6. The minimum Gasteiger partial charge on any atom is -0.366 e. The molecule has 2 nitrogen and oxygen atoms in total. The van der Waals surface area contributed by atoms with Gasteiger partial charge in [0.1, 0.15) is 6.61 Å². The first-order valence-electron chi connectivity index (χ1n) is 6.12. The van der Waals surface area contributed by atoms with Crippen LogP contribution in [-0.4, -0.2) is 34.9 Å². The van der Waals surface area contributed by atoms with E-state index in [2.05, 4.69) is 15.9 Å². The summed E-state index contributed by atoms with van der Waals surface area (Å²) in [5, 5.41) is 0.